The number of hydrogen-bond donors (Lipinski definition) is 2. The molecule has 0 unspecified atom stereocenters. The molecule has 2 rings (SSSR count). The van der Waals surface area contributed by atoms with Crippen LogP contribution < -0.4 is 15.5 Å². The van der Waals surface area contributed by atoms with E-state index < -0.39 is 0 Å². The fourth-order valence-electron chi connectivity index (χ4n) is 1.89. The average Bonchev–Trinajstić information content (AvgIpc) is 2.52. The Balaban J connectivity index is 1.89. The highest BCUT2D eigenvalue weighted by atomic mass is 15.3. The molecule has 0 bridgehead atoms. The van der Waals surface area contributed by atoms with Crippen LogP contribution in [-0.4, -0.2) is 42.6 Å². The topological polar surface area (TPSA) is 66.0 Å². The van der Waals surface area contributed by atoms with Gasteiger partial charge in [0, 0.05) is 27.7 Å². The second kappa shape index (κ2) is 7.42. The fraction of sp³-hybridized carbons (Fsp3) is 0.400. The molecular weight excluding hydrogens is 264 g/mol. The normalized spacial score (nSPS) is 10.2. The third-order valence-electron chi connectivity index (χ3n) is 3.02. The summed E-state index contributed by atoms with van der Waals surface area (Å²) in [5, 5.41) is 6.21. The van der Waals surface area contributed by atoms with Crippen LogP contribution in [0.5, 0.6) is 0 Å². The Morgan fingerprint density at radius 3 is 2.38 bits per heavy atom. The van der Waals surface area contributed by atoms with Gasteiger partial charge in [-0.2, -0.15) is 15.0 Å². The van der Waals surface area contributed by atoms with Gasteiger partial charge in [0.15, 0.2) is 0 Å². The molecule has 0 fully saturated rings. The van der Waals surface area contributed by atoms with Crippen molar-refractivity contribution in [2.24, 2.45) is 0 Å². The fourth-order valence-corrected chi connectivity index (χ4v) is 1.89. The zero-order chi connectivity index (χ0) is 15.1. The zero-order valence-electron chi connectivity index (χ0n) is 12.8. The lowest BCUT2D eigenvalue weighted by Gasteiger charge is -2.13. The van der Waals surface area contributed by atoms with E-state index in [0.29, 0.717) is 17.8 Å². The quantitative estimate of drug-likeness (QED) is 0.759. The molecule has 0 aliphatic rings. The predicted molar refractivity (Wildman–Crippen MR) is 87.0 cm³/mol. The number of aromatic nitrogens is 3. The molecule has 6 heteroatoms. The van der Waals surface area contributed by atoms with Crippen LogP contribution in [-0.2, 0) is 6.42 Å². The second-order valence-electron chi connectivity index (χ2n) is 4.94. The van der Waals surface area contributed by atoms with Crippen molar-refractivity contribution in [3.05, 3.63) is 35.9 Å². The van der Waals surface area contributed by atoms with Gasteiger partial charge >= 0.3 is 0 Å². The molecule has 2 aromatic rings. The molecule has 1 heterocycles. The van der Waals surface area contributed by atoms with Crippen LogP contribution >= 0.6 is 0 Å². The molecule has 0 aliphatic heterocycles. The van der Waals surface area contributed by atoms with Gasteiger partial charge in [-0.25, -0.2) is 0 Å². The van der Waals surface area contributed by atoms with Crippen LogP contribution in [0.4, 0.5) is 17.8 Å². The van der Waals surface area contributed by atoms with E-state index in [4.69, 9.17) is 0 Å². The van der Waals surface area contributed by atoms with Gasteiger partial charge in [0.05, 0.1) is 0 Å². The maximum absolute atomic E-state index is 4.38. The SMILES string of the molecule is CNc1nc(NCCCc2ccccc2)nc(N(C)C)n1. The molecule has 0 saturated carbocycles. The van der Waals surface area contributed by atoms with Crippen molar-refractivity contribution in [3.8, 4) is 0 Å². The first kappa shape index (κ1) is 15.0. The van der Waals surface area contributed by atoms with E-state index in [1.807, 2.05) is 25.1 Å². The van der Waals surface area contributed by atoms with E-state index in [0.717, 1.165) is 19.4 Å². The summed E-state index contributed by atoms with van der Waals surface area (Å²) in [6, 6.07) is 10.5. The van der Waals surface area contributed by atoms with Gasteiger partial charge in [-0.1, -0.05) is 30.3 Å². The number of nitrogens with one attached hydrogen (secondary N) is 2. The molecule has 0 atom stereocenters. The Labute approximate surface area is 125 Å². The average molecular weight is 286 g/mol. The van der Waals surface area contributed by atoms with Gasteiger partial charge in [-0.05, 0) is 18.4 Å². The van der Waals surface area contributed by atoms with Crippen LogP contribution in [0.25, 0.3) is 0 Å². The number of nitrogens with zero attached hydrogens (tertiary/aromatic N) is 4. The monoisotopic (exact) mass is 286 g/mol. The molecule has 0 radical (unpaired) electrons. The van der Waals surface area contributed by atoms with E-state index in [2.05, 4.69) is 49.9 Å². The first-order chi connectivity index (χ1) is 10.2. The first-order valence-corrected chi connectivity index (χ1v) is 7.08. The van der Waals surface area contributed by atoms with Crippen LogP contribution in [0.2, 0.25) is 0 Å². The molecule has 112 valence electrons. The Kier molecular flexibility index (Phi) is 5.31. The van der Waals surface area contributed by atoms with Crippen LogP contribution in [0, 0.1) is 0 Å². The molecule has 6 nitrogen and oxygen atoms in total. The predicted octanol–water partition coefficient (Wildman–Crippen LogP) is 2.02. The Hall–Kier alpha value is -2.37. The highest BCUT2D eigenvalue weighted by molar-refractivity contribution is 5.42. The Morgan fingerprint density at radius 2 is 1.71 bits per heavy atom. The maximum Gasteiger partial charge on any atom is 0.231 e. The third kappa shape index (κ3) is 4.59. The minimum Gasteiger partial charge on any atom is -0.357 e. The number of hydrogen-bond acceptors (Lipinski definition) is 6. The number of rotatable bonds is 7. The number of benzene rings is 1. The van der Waals surface area contributed by atoms with Crippen LogP contribution in [0.1, 0.15) is 12.0 Å². The van der Waals surface area contributed by atoms with E-state index in [-0.39, 0.29) is 0 Å². The Bertz CT molecular complexity index is 555. The van der Waals surface area contributed by atoms with Crippen LogP contribution in [0.15, 0.2) is 30.3 Å². The lowest BCUT2D eigenvalue weighted by Crippen LogP contribution is -2.17. The summed E-state index contributed by atoms with van der Waals surface area (Å²) < 4.78 is 0. The molecule has 1 aromatic heterocycles. The summed E-state index contributed by atoms with van der Waals surface area (Å²) in [5.41, 5.74) is 1.35. The van der Waals surface area contributed by atoms with Gasteiger partial charge in [-0.3, -0.25) is 0 Å². The summed E-state index contributed by atoms with van der Waals surface area (Å²) >= 11 is 0. The summed E-state index contributed by atoms with van der Waals surface area (Å²) in [4.78, 5) is 14.8. The van der Waals surface area contributed by atoms with E-state index >= 15 is 0 Å². The van der Waals surface area contributed by atoms with Crippen molar-refractivity contribution in [3.63, 3.8) is 0 Å². The standard InChI is InChI=1S/C15H22N6/c1-16-13-18-14(20-15(19-13)21(2)3)17-11-7-10-12-8-5-4-6-9-12/h4-6,8-9H,7,10-11H2,1-3H3,(H2,16,17,18,19,20). The van der Waals surface area contributed by atoms with E-state index in [1.54, 1.807) is 7.05 Å². The molecule has 0 saturated heterocycles. The summed E-state index contributed by atoms with van der Waals surface area (Å²) in [6.45, 7) is 0.828. The van der Waals surface area contributed by atoms with Crippen molar-refractivity contribution in [1.82, 2.24) is 15.0 Å². The molecule has 1 aromatic carbocycles. The van der Waals surface area contributed by atoms with Crippen molar-refractivity contribution in [2.75, 3.05) is 43.2 Å². The summed E-state index contributed by atoms with van der Waals surface area (Å²) in [7, 11) is 5.62. The van der Waals surface area contributed by atoms with Crippen molar-refractivity contribution in [1.29, 1.82) is 0 Å². The minimum absolute atomic E-state index is 0.569. The van der Waals surface area contributed by atoms with Crippen molar-refractivity contribution in [2.45, 2.75) is 12.8 Å². The smallest absolute Gasteiger partial charge is 0.231 e. The third-order valence-corrected chi connectivity index (χ3v) is 3.02. The number of anilines is 3. The second-order valence-corrected chi connectivity index (χ2v) is 4.94. The highest BCUT2D eigenvalue weighted by Crippen LogP contribution is 2.11. The van der Waals surface area contributed by atoms with Gasteiger partial charge in [0.1, 0.15) is 0 Å². The molecule has 0 aliphatic carbocycles. The zero-order valence-corrected chi connectivity index (χ0v) is 12.8. The first-order valence-electron chi connectivity index (χ1n) is 7.08. The molecule has 2 N–H and O–H groups in total. The summed E-state index contributed by atoms with van der Waals surface area (Å²) in [6.07, 6.45) is 2.07. The van der Waals surface area contributed by atoms with E-state index in [1.165, 1.54) is 5.56 Å². The van der Waals surface area contributed by atoms with Gasteiger partial charge < -0.3 is 15.5 Å². The van der Waals surface area contributed by atoms with Crippen LogP contribution in [0.3, 0.4) is 0 Å². The lowest BCUT2D eigenvalue weighted by molar-refractivity contribution is 0.847. The van der Waals surface area contributed by atoms with Gasteiger partial charge in [0.2, 0.25) is 17.8 Å². The number of aryl methyl sites for hydroxylation is 1. The molecular formula is C15H22N6. The molecule has 21 heavy (non-hydrogen) atoms. The van der Waals surface area contributed by atoms with Crippen molar-refractivity contribution >= 4 is 17.8 Å². The minimum atomic E-state index is 0.569. The van der Waals surface area contributed by atoms with Crippen molar-refractivity contribution < 1.29 is 0 Å². The lowest BCUT2D eigenvalue weighted by atomic mass is 10.1. The van der Waals surface area contributed by atoms with Gasteiger partial charge in [-0.15, -0.1) is 0 Å². The largest absolute Gasteiger partial charge is 0.357 e. The van der Waals surface area contributed by atoms with E-state index in [9.17, 15) is 0 Å². The van der Waals surface area contributed by atoms with Gasteiger partial charge in [0.25, 0.3) is 0 Å². The Morgan fingerprint density at radius 1 is 1.00 bits per heavy atom. The molecule has 0 spiro atoms. The maximum atomic E-state index is 4.38. The molecule has 0 amide bonds. The summed E-state index contributed by atoms with van der Waals surface area (Å²) in [5.74, 6) is 1.81. The highest BCUT2D eigenvalue weighted by Gasteiger charge is 2.06.